The number of carbonyl (C=O) groups excluding carboxylic acids is 2. The zero-order valence-corrected chi connectivity index (χ0v) is 17.4. The molecule has 0 N–H and O–H groups in total. The number of aryl methyl sites for hydroxylation is 1. The number of para-hydroxylation sites is 1. The number of carbonyl (C=O) groups is 2. The van der Waals surface area contributed by atoms with E-state index in [-0.39, 0.29) is 12.5 Å². The van der Waals surface area contributed by atoms with Gasteiger partial charge < -0.3 is 19.1 Å². The van der Waals surface area contributed by atoms with Crippen LogP contribution in [0, 0.1) is 0 Å². The second-order valence-electron chi connectivity index (χ2n) is 6.79. The lowest BCUT2D eigenvalue weighted by molar-refractivity contribution is -0.142. The molecule has 2 aromatic rings. The molecule has 30 heavy (non-hydrogen) atoms. The quantitative estimate of drug-likeness (QED) is 0.487. The van der Waals surface area contributed by atoms with Crippen LogP contribution in [0.2, 0.25) is 0 Å². The number of benzene rings is 2. The van der Waals surface area contributed by atoms with Gasteiger partial charge in [-0.1, -0.05) is 24.3 Å². The Morgan fingerprint density at radius 2 is 1.80 bits per heavy atom. The number of esters is 1. The Morgan fingerprint density at radius 3 is 2.60 bits per heavy atom. The second-order valence-corrected chi connectivity index (χ2v) is 6.79. The maximum atomic E-state index is 12.5. The Kier molecular flexibility index (Phi) is 7.49. The van der Waals surface area contributed by atoms with Crippen molar-refractivity contribution in [3.8, 4) is 11.5 Å². The Balaban J connectivity index is 1.58. The first kappa shape index (κ1) is 21.4. The lowest BCUT2D eigenvalue weighted by atomic mass is 10.0. The SMILES string of the molecule is CCOc1ccc(/C=C/C(=O)OCC(=O)N2CCCc3ccccc32)cc1OCC. The number of nitrogens with zero attached hydrogens (tertiary/aromatic N) is 1. The highest BCUT2D eigenvalue weighted by atomic mass is 16.5. The smallest absolute Gasteiger partial charge is 0.331 e. The molecule has 0 saturated carbocycles. The van der Waals surface area contributed by atoms with Crippen molar-refractivity contribution < 1.29 is 23.8 Å². The molecule has 1 heterocycles. The molecule has 0 unspecified atom stereocenters. The van der Waals surface area contributed by atoms with Gasteiger partial charge in [0, 0.05) is 18.3 Å². The Labute approximate surface area is 177 Å². The van der Waals surface area contributed by atoms with E-state index in [2.05, 4.69) is 0 Å². The largest absolute Gasteiger partial charge is 0.490 e. The third-order valence-corrected chi connectivity index (χ3v) is 4.73. The van der Waals surface area contributed by atoms with Gasteiger partial charge in [0.2, 0.25) is 0 Å². The highest BCUT2D eigenvalue weighted by molar-refractivity contribution is 5.97. The minimum absolute atomic E-state index is 0.219. The normalized spacial score (nSPS) is 13.1. The van der Waals surface area contributed by atoms with Crippen molar-refractivity contribution in [3.63, 3.8) is 0 Å². The molecule has 6 nitrogen and oxygen atoms in total. The summed E-state index contributed by atoms with van der Waals surface area (Å²) >= 11 is 0. The second kappa shape index (κ2) is 10.5. The molecule has 0 bridgehead atoms. The molecular formula is C24H27NO5. The number of hydrogen-bond donors (Lipinski definition) is 0. The standard InChI is InChI=1S/C24H27NO5/c1-3-28-21-13-11-18(16-22(21)29-4-2)12-14-24(27)30-17-23(26)25-15-7-9-19-8-5-6-10-20(19)25/h5-6,8,10-14,16H,3-4,7,9,15,17H2,1-2H3/b14-12+. The van der Waals surface area contributed by atoms with Crippen LogP contribution >= 0.6 is 0 Å². The predicted octanol–water partition coefficient (Wildman–Crippen LogP) is 4.02. The molecule has 1 amide bonds. The van der Waals surface area contributed by atoms with Gasteiger partial charge >= 0.3 is 5.97 Å². The Morgan fingerprint density at radius 1 is 1.03 bits per heavy atom. The van der Waals surface area contributed by atoms with E-state index in [0.29, 0.717) is 31.3 Å². The van der Waals surface area contributed by atoms with Crippen LogP contribution in [-0.2, 0) is 20.7 Å². The molecule has 3 rings (SSSR count). The summed E-state index contributed by atoms with van der Waals surface area (Å²) in [6.07, 6.45) is 4.79. The Bertz CT molecular complexity index is 922. The van der Waals surface area contributed by atoms with Crippen LogP contribution in [-0.4, -0.2) is 38.2 Å². The average molecular weight is 409 g/mol. The number of rotatable bonds is 8. The fourth-order valence-electron chi connectivity index (χ4n) is 3.39. The van der Waals surface area contributed by atoms with Gasteiger partial charge in [0.15, 0.2) is 18.1 Å². The molecule has 0 atom stereocenters. The number of ether oxygens (including phenoxy) is 3. The van der Waals surface area contributed by atoms with Gasteiger partial charge in [-0.25, -0.2) is 4.79 Å². The van der Waals surface area contributed by atoms with Crippen molar-refractivity contribution in [2.45, 2.75) is 26.7 Å². The van der Waals surface area contributed by atoms with E-state index < -0.39 is 5.97 Å². The van der Waals surface area contributed by atoms with E-state index >= 15 is 0 Å². The number of amides is 1. The first-order chi connectivity index (χ1) is 14.6. The molecule has 1 aliphatic heterocycles. The summed E-state index contributed by atoms with van der Waals surface area (Å²) in [6.45, 7) is 5.20. The van der Waals surface area contributed by atoms with Crippen LogP contribution in [0.15, 0.2) is 48.5 Å². The first-order valence-electron chi connectivity index (χ1n) is 10.2. The van der Waals surface area contributed by atoms with Crippen molar-refractivity contribution in [3.05, 3.63) is 59.7 Å². The highest BCUT2D eigenvalue weighted by Crippen LogP contribution is 2.29. The van der Waals surface area contributed by atoms with Crippen molar-refractivity contribution >= 4 is 23.6 Å². The van der Waals surface area contributed by atoms with Crippen LogP contribution in [0.1, 0.15) is 31.4 Å². The van der Waals surface area contributed by atoms with Gasteiger partial charge in [-0.05, 0) is 62.1 Å². The van der Waals surface area contributed by atoms with Crippen LogP contribution < -0.4 is 14.4 Å². The molecule has 2 aromatic carbocycles. The summed E-state index contributed by atoms with van der Waals surface area (Å²) in [5, 5.41) is 0. The van der Waals surface area contributed by atoms with Crippen molar-refractivity contribution in [1.29, 1.82) is 0 Å². The molecular weight excluding hydrogens is 382 g/mol. The third-order valence-electron chi connectivity index (χ3n) is 4.73. The Hall–Kier alpha value is -3.28. The number of anilines is 1. The first-order valence-corrected chi connectivity index (χ1v) is 10.2. The zero-order chi connectivity index (χ0) is 21.3. The molecule has 1 aliphatic rings. The summed E-state index contributed by atoms with van der Waals surface area (Å²) in [5.74, 6) is 0.490. The van der Waals surface area contributed by atoms with Gasteiger partial charge in [-0.15, -0.1) is 0 Å². The van der Waals surface area contributed by atoms with Crippen molar-refractivity contribution in [1.82, 2.24) is 0 Å². The van der Waals surface area contributed by atoms with Crippen LogP contribution in [0.5, 0.6) is 11.5 Å². The fraction of sp³-hybridized carbons (Fsp3) is 0.333. The number of fused-ring (bicyclic) bond motifs is 1. The van der Waals surface area contributed by atoms with E-state index in [1.165, 1.54) is 6.08 Å². The predicted molar refractivity (Wildman–Crippen MR) is 116 cm³/mol. The summed E-state index contributed by atoms with van der Waals surface area (Å²) < 4.78 is 16.3. The minimum Gasteiger partial charge on any atom is -0.490 e. The maximum absolute atomic E-state index is 12.5. The summed E-state index contributed by atoms with van der Waals surface area (Å²) in [4.78, 5) is 26.3. The molecule has 158 valence electrons. The van der Waals surface area contributed by atoms with Gasteiger partial charge in [0.25, 0.3) is 5.91 Å². The summed E-state index contributed by atoms with van der Waals surface area (Å²) in [6, 6.07) is 13.3. The van der Waals surface area contributed by atoms with Gasteiger partial charge in [0.05, 0.1) is 13.2 Å². The van der Waals surface area contributed by atoms with E-state index in [4.69, 9.17) is 14.2 Å². The molecule has 0 fully saturated rings. The van der Waals surface area contributed by atoms with Crippen LogP contribution in [0.4, 0.5) is 5.69 Å². The monoisotopic (exact) mass is 409 g/mol. The van der Waals surface area contributed by atoms with Gasteiger partial charge in [-0.2, -0.15) is 0 Å². The molecule has 0 aromatic heterocycles. The lowest BCUT2D eigenvalue weighted by Crippen LogP contribution is -2.38. The van der Waals surface area contributed by atoms with Gasteiger partial charge in [0.1, 0.15) is 0 Å². The summed E-state index contributed by atoms with van der Waals surface area (Å²) in [7, 11) is 0. The van der Waals surface area contributed by atoms with Gasteiger partial charge in [-0.3, -0.25) is 4.79 Å². The molecule has 0 saturated heterocycles. The van der Waals surface area contributed by atoms with E-state index in [9.17, 15) is 9.59 Å². The van der Waals surface area contributed by atoms with Crippen molar-refractivity contribution in [2.75, 3.05) is 31.3 Å². The third kappa shape index (κ3) is 5.41. The van der Waals surface area contributed by atoms with Crippen LogP contribution in [0.25, 0.3) is 6.08 Å². The van der Waals surface area contributed by atoms with Crippen molar-refractivity contribution in [2.24, 2.45) is 0 Å². The van der Waals surface area contributed by atoms with E-state index in [1.807, 2.05) is 44.2 Å². The average Bonchev–Trinajstić information content (AvgIpc) is 2.77. The molecule has 0 aliphatic carbocycles. The minimum atomic E-state index is -0.569. The molecule has 0 radical (unpaired) electrons. The topological polar surface area (TPSA) is 65.1 Å². The maximum Gasteiger partial charge on any atom is 0.331 e. The number of hydrogen-bond acceptors (Lipinski definition) is 5. The summed E-state index contributed by atoms with van der Waals surface area (Å²) in [5.41, 5.74) is 2.82. The lowest BCUT2D eigenvalue weighted by Gasteiger charge is -2.29. The fourth-order valence-corrected chi connectivity index (χ4v) is 3.39. The molecule has 6 heteroatoms. The zero-order valence-electron chi connectivity index (χ0n) is 17.4. The highest BCUT2D eigenvalue weighted by Gasteiger charge is 2.22. The van der Waals surface area contributed by atoms with E-state index in [1.54, 1.807) is 23.1 Å². The van der Waals surface area contributed by atoms with Crippen LogP contribution in [0.3, 0.4) is 0 Å². The van der Waals surface area contributed by atoms with E-state index in [0.717, 1.165) is 29.7 Å². The molecule has 0 spiro atoms.